The Morgan fingerprint density at radius 3 is 2.63 bits per heavy atom. The lowest BCUT2D eigenvalue weighted by atomic mass is 9.78. The average molecular weight is 292 g/mol. The van der Waals surface area contributed by atoms with Gasteiger partial charge in [0.15, 0.2) is 0 Å². The second kappa shape index (κ2) is 4.66. The number of benzene rings is 1. The van der Waals surface area contributed by atoms with Crippen molar-refractivity contribution in [1.29, 1.82) is 0 Å². The molecule has 1 aliphatic rings. The SMILES string of the molecule is CC1(c2ccc(Cl)s2)CC(=O)NC1c1ccccc1. The third kappa shape index (κ3) is 2.17. The summed E-state index contributed by atoms with van der Waals surface area (Å²) in [6, 6.07) is 14.0. The van der Waals surface area contributed by atoms with E-state index in [0.29, 0.717) is 6.42 Å². The molecule has 1 amide bonds. The molecule has 2 aromatic rings. The van der Waals surface area contributed by atoms with Crippen LogP contribution in [0.25, 0.3) is 0 Å². The summed E-state index contributed by atoms with van der Waals surface area (Å²) in [6.07, 6.45) is 0.503. The second-order valence-corrected chi connectivity index (χ2v) is 6.82. The van der Waals surface area contributed by atoms with Crippen molar-refractivity contribution in [2.45, 2.75) is 24.8 Å². The summed E-state index contributed by atoms with van der Waals surface area (Å²) in [5.74, 6) is 0.0980. The first-order valence-corrected chi connectivity index (χ1v) is 7.39. The monoisotopic (exact) mass is 291 g/mol. The summed E-state index contributed by atoms with van der Waals surface area (Å²) in [4.78, 5) is 13.0. The zero-order valence-electron chi connectivity index (χ0n) is 10.5. The zero-order valence-corrected chi connectivity index (χ0v) is 12.1. The van der Waals surface area contributed by atoms with Crippen molar-refractivity contribution in [2.24, 2.45) is 0 Å². The molecule has 98 valence electrons. The topological polar surface area (TPSA) is 29.1 Å². The van der Waals surface area contributed by atoms with Gasteiger partial charge in [-0.15, -0.1) is 11.3 Å². The molecule has 0 bridgehead atoms. The number of halogens is 1. The highest BCUT2D eigenvalue weighted by Crippen LogP contribution is 2.47. The van der Waals surface area contributed by atoms with E-state index >= 15 is 0 Å². The molecule has 1 fully saturated rings. The molecule has 2 unspecified atom stereocenters. The van der Waals surface area contributed by atoms with Crippen molar-refractivity contribution in [3.8, 4) is 0 Å². The maximum atomic E-state index is 11.9. The van der Waals surface area contributed by atoms with E-state index in [0.717, 1.165) is 14.8 Å². The van der Waals surface area contributed by atoms with Crippen molar-refractivity contribution < 1.29 is 4.79 Å². The van der Waals surface area contributed by atoms with E-state index in [1.807, 2.05) is 30.3 Å². The summed E-state index contributed by atoms with van der Waals surface area (Å²) >= 11 is 7.60. The molecule has 1 saturated heterocycles. The number of thiophene rings is 1. The maximum absolute atomic E-state index is 11.9. The highest BCUT2D eigenvalue weighted by molar-refractivity contribution is 7.16. The van der Waals surface area contributed by atoms with Crippen LogP contribution in [0.2, 0.25) is 4.34 Å². The van der Waals surface area contributed by atoms with Gasteiger partial charge in [-0.2, -0.15) is 0 Å². The number of hydrogen-bond acceptors (Lipinski definition) is 2. The van der Waals surface area contributed by atoms with Gasteiger partial charge in [0.2, 0.25) is 5.91 Å². The Morgan fingerprint density at radius 2 is 2.00 bits per heavy atom. The molecule has 0 spiro atoms. The standard InChI is InChI=1S/C15H14ClNOS/c1-15(11-7-8-12(16)19-11)9-13(18)17-14(15)10-5-3-2-4-6-10/h2-8,14H,9H2,1H3,(H,17,18). The minimum atomic E-state index is -0.226. The van der Waals surface area contributed by atoms with Crippen LogP contribution in [0.5, 0.6) is 0 Å². The van der Waals surface area contributed by atoms with Gasteiger partial charge in [0.05, 0.1) is 10.4 Å². The Labute approximate surface area is 121 Å². The van der Waals surface area contributed by atoms with Crippen LogP contribution < -0.4 is 5.32 Å². The fourth-order valence-corrected chi connectivity index (χ4v) is 3.97. The molecule has 1 aliphatic heterocycles. The number of carbonyl (C=O) groups is 1. The second-order valence-electron chi connectivity index (χ2n) is 5.11. The highest BCUT2D eigenvalue weighted by Gasteiger charge is 2.46. The van der Waals surface area contributed by atoms with E-state index in [-0.39, 0.29) is 17.4 Å². The first kappa shape index (κ1) is 12.7. The van der Waals surface area contributed by atoms with Crippen LogP contribution in [-0.4, -0.2) is 5.91 Å². The molecule has 2 atom stereocenters. The maximum Gasteiger partial charge on any atom is 0.221 e. The third-order valence-electron chi connectivity index (χ3n) is 3.74. The lowest BCUT2D eigenvalue weighted by Crippen LogP contribution is -2.29. The number of amides is 1. The molecular formula is C15H14ClNOS. The predicted molar refractivity (Wildman–Crippen MR) is 78.6 cm³/mol. The summed E-state index contributed by atoms with van der Waals surface area (Å²) < 4.78 is 0.766. The zero-order chi connectivity index (χ0) is 13.5. The van der Waals surface area contributed by atoms with Crippen LogP contribution in [0, 0.1) is 0 Å². The number of carbonyl (C=O) groups excluding carboxylic acids is 1. The van der Waals surface area contributed by atoms with Gasteiger partial charge in [-0.3, -0.25) is 4.79 Å². The Morgan fingerprint density at radius 1 is 1.26 bits per heavy atom. The summed E-state index contributed by atoms with van der Waals surface area (Å²) in [5, 5.41) is 3.09. The molecule has 2 nitrogen and oxygen atoms in total. The molecule has 4 heteroatoms. The van der Waals surface area contributed by atoms with Crippen molar-refractivity contribution >= 4 is 28.8 Å². The molecule has 19 heavy (non-hydrogen) atoms. The van der Waals surface area contributed by atoms with Gasteiger partial charge in [-0.25, -0.2) is 0 Å². The molecule has 1 aromatic carbocycles. The smallest absolute Gasteiger partial charge is 0.221 e. The van der Waals surface area contributed by atoms with Gasteiger partial charge in [-0.1, -0.05) is 48.9 Å². The van der Waals surface area contributed by atoms with Crippen LogP contribution in [-0.2, 0) is 10.2 Å². The predicted octanol–water partition coefficient (Wildman–Crippen LogP) is 3.92. The lowest BCUT2D eigenvalue weighted by molar-refractivity contribution is -0.119. The van der Waals surface area contributed by atoms with Crippen LogP contribution in [0.15, 0.2) is 42.5 Å². The molecular weight excluding hydrogens is 278 g/mol. The van der Waals surface area contributed by atoms with E-state index in [4.69, 9.17) is 11.6 Å². The molecule has 3 rings (SSSR count). The van der Waals surface area contributed by atoms with E-state index in [2.05, 4.69) is 24.4 Å². The van der Waals surface area contributed by atoms with Crippen molar-refractivity contribution in [2.75, 3.05) is 0 Å². The lowest BCUT2D eigenvalue weighted by Gasteiger charge is -2.29. The van der Waals surface area contributed by atoms with Crippen LogP contribution in [0.3, 0.4) is 0 Å². The first-order chi connectivity index (χ1) is 9.09. The van der Waals surface area contributed by atoms with Crippen molar-refractivity contribution in [3.63, 3.8) is 0 Å². The Hall–Kier alpha value is -1.32. The largest absolute Gasteiger partial charge is 0.348 e. The normalized spacial score (nSPS) is 26.4. The molecule has 0 saturated carbocycles. The van der Waals surface area contributed by atoms with E-state index in [1.54, 1.807) is 11.3 Å². The van der Waals surface area contributed by atoms with Crippen LogP contribution >= 0.6 is 22.9 Å². The van der Waals surface area contributed by atoms with Crippen molar-refractivity contribution in [3.05, 3.63) is 57.2 Å². The van der Waals surface area contributed by atoms with Crippen LogP contribution in [0.4, 0.5) is 0 Å². The fourth-order valence-electron chi connectivity index (χ4n) is 2.75. The van der Waals surface area contributed by atoms with Gasteiger partial charge >= 0.3 is 0 Å². The average Bonchev–Trinajstić information content (AvgIpc) is 2.95. The Balaban J connectivity index is 2.05. The van der Waals surface area contributed by atoms with Gasteiger partial charge in [0.1, 0.15) is 0 Å². The summed E-state index contributed by atoms with van der Waals surface area (Å²) in [5.41, 5.74) is 0.913. The van der Waals surface area contributed by atoms with Gasteiger partial charge in [0, 0.05) is 16.7 Å². The summed E-state index contributed by atoms with van der Waals surface area (Å²) in [6.45, 7) is 2.13. The molecule has 0 radical (unpaired) electrons. The third-order valence-corrected chi connectivity index (χ3v) is 5.25. The summed E-state index contributed by atoms with van der Waals surface area (Å²) in [7, 11) is 0. The van der Waals surface area contributed by atoms with Crippen LogP contribution in [0.1, 0.15) is 29.8 Å². The van der Waals surface area contributed by atoms with Gasteiger partial charge in [-0.05, 0) is 17.7 Å². The van der Waals surface area contributed by atoms with E-state index in [9.17, 15) is 4.79 Å². The van der Waals surface area contributed by atoms with E-state index in [1.165, 1.54) is 0 Å². The minimum Gasteiger partial charge on any atom is -0.348 e. The van der Waals surface area contributed by atoms with Gasteiger partial charge < -0.3 is 5.32 Å². The Kier molecular flexibility index (Phi) is 3.11. The van der Waals surface area contributed by atoms with Gasteiger partial charge in [0.25, 0.3) is 0 Å². The molecule has 1 aromatic heterocycles. The minimum absolute atomic E-state index is 0.0101. The molecule has 2 heterocycles. The highest BCUT2D eigenvalue weighted by atomic mass is 35.5. The molecule has 1 N–H and O–H groups in total. The number of hydrogen-bond donors (Lipinski definition) is 1. The van der Waals surface area contributed by atoms with Crippen molar-refractivity contribution in [1.82, 2.24) is 5.32 Å². The molecule has 0 aliphatic carbocycles. The quantitative estimate of drug-likeness (QED) is 0.893. The number of rotatable bonds is 2. The van der Waals surface area contributed by atoms with E-state index < -0.39 is 0 Å². The number of nitrogens with one attached hydrogen (secondary N) is 1. The Bertz CT molecular complexity index is 610. The first-order valence-electron chi connectivity index (χ1n) is 6.20. The fraction of sp³-hybridized carbons (Fsp3) is 0.267.